The van der Waals surface area contributed by atoms with Crippen LogP contribution in [0.5, 0.6) is 0 Å². The van der Waals surface area contributed by atoms with Gasteiger partial charge in [-0.05, 0) is 31.4 Å². The van der Waals surface area contributed by atoms with Gasteiger partial charge in [-0.1, -0.05) is 18.9 Å². The number of imidazole rings is 1. The van der Waals surface area contributed by atoms with Crippen LogP contribution in [0, 0.1) is 0 Å². The summed E-state index contributed by atoms with van der Waals surface area (Å²) in [5, 5.41) is 12.0. The van der Waals surface area contributed by atoms with Crippen LogP contribution in [-0.4, -0.2) is 41.6 Å². The van der Waals surface area contributed by atoms with Crippen LogP contribution in [0.15, 0.2) is 30.9 Å². The van der Waals surface area contributed by atoms with Crippen molar-refractivity contribution in [1.82, 2.24) is 34.4 Å². The van der Waals surface area contributed by atoms with Crippen molar-refractivity contribution >= 4 is 11.5 Å². The molecule has 2 aliphatic rings. The van der Waals surface area contributed by atoms with Gasteiger partial charge in [0.25, 0.3) is 0 Å². The van der Waals surface area contributed by atoms with Gasteiger partial charge in [0.1, 0.15) is 5.82 Å². The van der Waals surface area contributed by atoms with E-state index < -0.39 is 0 Å². The van der Waals surface area contributed by atoms with Crippen molar-refractivity contribution < 1.29 is 4.79 Å². The Hall–Kier alpha value is -2.90. The fraction of sp³-hybridized carbons (Fsp3) is 0.500. The highest BCUT2D eigenvalue weighted by Crippen LogP contribution is 2.35. The molecule has 2 amide bonds. The Bertz CT molecular complexity index is 1000. The monoisotopic (exact) mass is 379 g/mol. The molecule has 8 heteroatoms. The molecular weight excluding hydrogens is 354 g/mol. The normalized spacial score (nSPS) is 19.9. The lowest BCUT2D eigenvalue weighted by Crippen LogP contribution is -2.46. The number of amides is 2. The number of urea groups is 1. The van der Waals surface area contributed by atoms with E-state index in [1.807, 2.05) is 40.8 Å². The molecule has 5 rings (SSSR count). The number of pyridine rings is 1. The highest BCUT2D eigenvalue weighted by Gasteiger charge is 2.33. The Morgan fingerprint density at radius 1 is 1.18 bits per heavy atom. The van der Waals surface area contributed by atoms with Crippen LogP contribution >= 0.6 is 0 Å². The fourth-order valence-electron chi connectivity index (χ4n) is 4.52. The van der Waals surface area contributed by atoms with Gasteiger partial charge in [0.05, 0.1) is 24.1 Å². The first-order valence-electron chi connectivity index (χ1n) is 10.1. The van der Waals surface area contributed by atoms with Gasteiger partial charge in [-0.2, -0.15) is 0 Å². The Morgan fingerprint density at radius 3 is 2.86 bits per heavy atom. The van der Waals surface area contributed by atoms with E-state index in [9.17, 15) is 4.79 Å². The molecule has 1 aliphatic heterocycles. The Labute approximate surface area is 163 Å². The van der Waals surface area contributed by atoms with Gasteiger partial charge in [0, 0.05) is 31.7 Å². The number of nitrogens with zero attached hydrogens (tertiary/aromatic N) is 6. The second-order valence-corrected chi connectivity index (χ2v) is 7.84. The molecule has 0 unspecified atom stereocenters. The van der Waals surface area contributed by atoms with Crippen LogP contribution in [-0.2, 0) is 13.1 Å². The smallest absolute Gasteiger partial charge is 0.318 e. The summed E-state index contributed by atoms with van der Waals surface area (Å²) >= 11 is 0. The molecule has 28 heavy (non-hydrogen) atoms. The summed E-state index contributed by atoms with van der Waals surface area (Å²) < 4.78 is 4.20. The van der Waals surface area contributed by atoms with Gasteiger partial charge in [-0.3, -0.25) is 0 Å². The second-order valence-electron chi connectivity index (χ2n) is 7.84. The van der Waals surface area contributed by atoms with Crippen molar-refractivity contribution in [3.8, 4) is 0 Å². The molecule has 1 aliphatic carbocycles. The second kappa shape index (κ2) is 6.92. The minimum atomic E-state index is -0.0764. The molecule has 4 heterocycles. The van der Waals surface area contributed by atoms with Gasteiger partial charge < -0.3 is 19.2 Å². The van der Waals surface area contributed by atoms with Crippen LogP contribution in [0.1, 0.15) is 61.8 Å². The number of hydrogen-bond acceptors (Lipinski definition) is 4. The van der Waals surface area contributed by atoms with E-state index in [1.54, 1.807) is 6.33 Å². The first kappa shape index (κ1) is 17.2. The van der Waals surface area contributed by atoms with E-state index >= 15 is 0 Å². The maximum absolute atomic E-state index is 12.8. The lowest BCUT2D eigenvalue weighted by molar-refractivity contribution is 0.158. The number of carbonyl (C=O) groups excluding carboxylic acids is 1. The van der Waals surface area contributed by atoms with Crippen LogP contribution in [0.25, 0.3) is 5.52 Å². The third-order valence-electron chi connectivity index (χ3n) is 6.11. The van der Waals surface area contributed by atoms with Crippen LogP contribution in [0.2, 0.25) is 0 Å². The van der Waals surface area contributed by atoms with Crippen molar-refractivity contribution in [3.05, 3.63) is 48.1 Å². The lowest BCUT2D eigenvalue weighted by Gasteiger charge is -2.34. The first-order chi connectivity index (χ1) is 13.7. The van der Waals surface area contributed by atoms with Crippen molar-refractivity contribution in [2.75, 3.05) is 6.54 Å². The number of aromatic nitrogens is 5. The zero-order valence-corrected chi connectivity index (χ0v) is 16.1. The highest BCUT2D eigenvalue weighted by molar-refractivity contribution is 5.74. The highest BCUT2D eigenvalue weighted by atomic mass is 16.2. The van der Waals surface area contributed by atoms with Gasteiger partial charge >= 0.3 is 6.03 Å². The quantitative estimate of drug-likeness (QED) is 0.759. The van der Waals surface area contributed by atoms with Crippen LogP contribution < -0.4 is 5.32 Å². The van der Waals surface area contributed by atoms with E-state index in [-0.39, 0.29) is 12.1 Å². The molecule has 146 valence electrons. The maximum Gasteiger partial charge on any atom is 0.318 e. The summed E-state index contributed by atoms with van der Waals surface area (Å²) in [6.45, 7) is 3.97. The van der Waals surface area contributed by atoms with Crippen molar-refractivity contribution in [3.63, 3.8) is 0 Å². The topological polar surface area (TPSA) is 80.3 Å². The molecule has 8 nitrogen and oxygen atoms in total. The predicted octanol–water partition coefficient (Wildman–Crippen LogP) is 2.87. The molecule has 0 bridgehead atoms. The van der Waals surface area contributed by atoms with E-state index in [2.05, 4.69) is 25.1 Å². The van der Waals surface area contributed by atoms with Gasteiger partial charge in [-0.25, -0.2) is 9.78 Å². The molecule has 1 N–H and O–H groups in total. The summed E-state index contributed by atoms with van der Waals surface area (Å²) in [7, 11) is 0. The van der Waals surface area contributed by atoms with E-state index in [4.69, 9.17) is 0 Å². The summed E-state index contributed by atoms with van der Waals surface area (Å²) in [4.78, 5) is 18.8. The molecule has 3 aromatic heterocycles. The van der Waals surface area contributed by atoms with Crippen molar-refractivity contribution in [1.29, 1.82) is 0 Å². The maximum atomic E-state index is 12.8. The average Bonchev–Trinajstić information content (AvgIpc) is 3.45. The molecule has 0 aromatic carbocycles. The molecule has 1 fully saturated rings. The SMILES string of the molecule is C[C@@H]1c2nnc(C3CCCC3)n2CCN1C(=O)NCc1ccc2cncn2c1. The molecule has 0 spiro atoms. The Morgan fingerprint density at radius 2 is 2.00 bits per heavy atom. The standard InChI is InChI=1S/C20H25N7O/c1-14-18-23-24-19(16-4-2-3-5-16)27(18)9-8-26(14)20(28)22-10-15-6-7-17-11-21-13-25(17)12-15/h6-7,11-14,16H,2-5,8-10H2,1H3,(H,22,28)/t14-/m1/s1. The van der Waals surface area contributed by atoms with Crippen molar-refractivity contribution in [2.24, 2.45) is 0 Å². The average molecular weight is 379 g/mol. The van der Waals surface area contributed by atoms with Crippen LogP contribution in [0.3, 0.4) is 0 Å². The number of rotatable bonds is 3. The molecule has 1 saturated carbocycles. The zero-order chi connectivity index (χ0) is 19.1. The number of carbonyl (C=O) groups is 1. The summed E-state index contributed by atoms with van der Waals surface area (Å²) in [5.41, 5.74) is 2.08. The van der Waals surface area contributed by atoms with Crippen molar-refractivity contribution in [2.45, 2.75) is 57.7 Å². The minimum Gasteiger partial charge on any atom is -0.334 e. The number of fused-ring (bicyclic) bond motifs is 2. The summed E-state index contributed by atoms with van der Waals surface area (Å²) in [6.07, 6.45) is 10.5. The molecule has 0 saturated heterocycles. The molecule has 1 atom stereocenters. The first-order valence-corrected chi connectivity index (χ1v) is 10.1. The van der Waals surface area contributed by atoms with Gasteiger partial charge in [-0.15, -0.1) is 10.2 Å². The van der Waals surface area contributed by atoms with Crippen LogP contribution in [0.4, 0.5) is 4.79 Å². The fourth-order valence-corrected chi connectivity index (χ4v) is 4.52. The van der Waals surface area contributed by atoms with E-state index in [1.165, 1.54) is 25.7 Å². The molecule has 0 radical (unpaired) electrons. The predicted molar refractivity (Wildman–Crippen MR) is 104 cm³/mol. The lowest BCUT2D eigenvalue weighted by atomic mass is 10.1. The Balaban J connectivity index is 1.27. The van der Waals surface area contributed by atoms with E-state index in [0.29, 0.717) is 19.0 Å². The number of hydrogen-bond donors (Lipinski definition) is 1. The molecular formula is C20H25N7O. The zero-order valence-electron chi connectivity index (χ0n) is 16.1. The third-order valence-corrected chi connectivity index (χ3v) is 6.11. The van der Waals surface area contributed by atoms with Gasteiger partial charge in [0.15, 0.2) is 5.82 Å². The summed E-state index contributed by atoms with van der Waals surface area (Å²) in [6, 6.07) is 3.88. The number of nitrogens with one attached hydrogen (secondary N) is 1. The third kappa shape index (κ3) is 2.93. The largest absolute Gasteiger partial charge is 0.334 e. The Kier molecular flexibility index (Phi) is 4.26. The molecule has 3 aromatic rings. The summed E-state index contributed by atoms with van der Waals surface area (Å²) in [5.74, 6) is 2.56. The minimum absolute atomic E-state index is 0.0603. The van der Waals surface area contributed by atoms with Gasteiger partial charge in [0.2, 0.25) is 0 Å². The van der Waals surface area contributed by atoms with E-state index in [0.717, 1.165) is 29.3 Å².